The third-order valence-electron chi connectivity index (χ3n) is 2.61. The maximum Gasteiger partial charge on any atom is 0.258 e. The van der Waals surface area contributed by atoms with Crippen LogP contribution in [0.2, 0.25) is 0 Å². The summed E-state index contributed by atoms with van der Waals surface area (Å²) in [6.07, 6.45) is 3.20. The molecular weight excluding hydrogens is 296 g/mol. The van der Waals surface area contributed by atoms with Crippen LogP contribution in [-0.4, -0.2) is 25.4 Å². The topological polar surface area (TPSA) is 84.0 Å². The Bertz CT molecular complexity index is 639. The molecule has 0 aliphatic heterocycles. The smallest absolute Gasteiger partial charge is 0.258 e. The van der Waals surface area contributed by atoms with E-state index in [9.17, 15) is 8.42 Å². The maximum absolute atomic E-state index is 12.2. The standard InChI is InChI=1S/C12H16N4O2S2/c1-9(12-14-5-6-19-12)16-20(17,18)11-4-3-10(7-13-2)8-15-11/h3-6,8-9,13,16H,7H2,1-2H3. The molecule has 0 fully saturated rings. The van der Waals surface area contributed by atoms with Crippen LogP contribution in [-0.2, 0) is 16.6 Å². The second-order valence-corrected chi connectivity index (χ2v) is 6.84. The molecular formula is C12H16N4O2S2. The minimum Gasteiger partial charge on any atom is -0.316 e. The number of thiazole rings is 1. The Labute approximate surface area is 122 Å². The number of nitrogens with zero attached hydrogens (tertiary/aromatic N) is 2. The zero-order chi connectivity index (χ0) is 14.6. The minimum atomic E-state index is -3.63. The second kappa shape index (κ2) is 6.40. The van der Waals surface area contributed by atoms with Gasteiger partial charge in [-0.25, -0.2) is 23.1 Å². The van der Waals surface area contributed by atoms with Crippen molar-refractivity contribution >= 4 is 21.4 Å². The Balaban J connectivity index is 2.13. The molecule has 108 valence electrons. The zero-order valence-electron chi connectivity index (χ0n) is 11.2. The molecule has 1 atom stereocenters. The van der Waals surface area contributed by atoms with Crippen LogP contribution in [0.1, 0.15) is 23.5 Å². The molecule has 0 bridgehead atoms. The van der Waals surface area contributed by atoms with Gasteiger partial charge < -0.3 is 5.32 Å². The molecule has 2 aromatic heterocycles. The molecule has 8 heteroatoms. The lowest BCUT2D eigenvalue weighted by atomic mass is 10.3. The van der Waals surface area contributed by atoms with E-state index < -0.39 is 10.0 Å². The molecule has 0 aliphatic rings. The minimum absolute atomic E-state index is 0.0146. The van der Waals surface area contributed by atoms with E-state index >= 15 is 0 Å². The molecule has 2 rings (SSSR count). The van der Waals surface area contributed by atoms with Crippen molar-refractivity contribution in [3.8, 4) is 0 Å². The van der Waals surface area contributed by atoms with Crippen LogP contribution in [0.3, 0.4) is 0 Å². The molecule has 2 aromatic rings. The fourth-order valence-corrected chi connectivity index (χ4v) is 3.53. The third kappa shape index (κ3) is 3.60. The van der Waals surface area contributed by atoms with E-state index in [-0.39, 0.29) is 11.1 Å². The first-order chi connectivity index (χ1) is 9.53. The van der Waals surface area contributed by atoms with Crippen molar-refractivity contribution in [3.63, 3.8) is 0 Å². The summed E-state index contributed by atoms with van der Waals surface area (Å²) in [5.74, 6) is 0. The molecule has 1 unspecified atom stereocenters. The van der Waals surface area contributed by atoms with Gasteiger partial charge in [0.2, 0.25) is 0 Å². The number of pyridine rings is 1. The highest BCUT2D eigenvalue weighted by atomic mass is 32.2. The lowest BCUT2D eigenvalue weighted by Crippen LogP contribution is -2.27. The maximum atomic E-state index is 12.2. The first-order valence-electron chi connectivity index (χ1n) is 6.04. The highest BCUT2D eigenvalue weighted by Crippen LogP contribution is 2.17. The van der Waals surface area contributed by atoms with Gasteiger partial charge in [-0.2, -0.15) is 0 Å². The van der Waals surface area contributed by atoms with Crippen molar-refractivity contribution in [2.75, 3.05) is 7.05 Å². The van der Waals surface area contributed by atoms with Gasteiger partial charge >= 0.3 is 0 Å². The number of hydrogen-bond donors (Lipinski definition) is 2. The SMILES string of the molecule is CNCc1ccc(S(=O)(=O)NC(C)c2nccs2)nc1. The van der Waals surface area contributed by atoms with Crippen molar-refractivity contribution in [3.05, 3.63) is 40.5 Å². The molecule has 0 saturated carbocycles. The fraction of sp³-hybridized carbons (Fsp3) is 0.333. The third-order valence-corrected chi connectivity index (χ3v) is 5.02. The summed E-state index contributed by atoms with van der Waals surface area (Å²) in [6, 6.07) is 2.87. The van der Waals surface area contributed by atoms with E-state index in [2.05, 4.69) is 20.0 Å². The number of sulfonamides is 1. The first kappa shape index (κ1) is 15.0. The van der Waals surface area contributed by atoms with E-state index in [0.29, 0.717) is 6.54 Å². The summed E-state index contributed by atoms with van der Waals surface area (Å²) in [5, 5.41) is 5.53. The van der Waals surface area contributed by atoms with Crippen LogP contribution in [0.15, 0.2) is 34.9 Å². The molecule has 0 amide bonds. The molecule has 6 nitrogen and oxygen atoms in total. The average molecular weight is 312 g/mol. The summed E-state index contributed by atoms with van der Waals surface area (Å²) >= 11 is 1.41. The molecule has 20 heavy (non-hydrogen) atoms. The van der Waals surface area contributed by atoms with Gasteiger partial charge in [-0.3, -0.25) is 0 Å². The van der Waals surface area contributed by atoms with Crippen molar-refractivity contribution < 1.29 is 8.42 Å². The first-order valence-corrected chi connectivity index (χ1v) is 8.40. The van der Waals surface area contributed by atoms with Gasteiger partial charge in [0.15, 0.2) is 5.03 Å². The van der Waals surface area contributed by atoms with Crippen LogP contribution in [0.5, 0.6) is 0 Å². The monoisotopic (exact) mass is 312 g/mol. The van der Waals surface area contributed by atoms with Gasteiger partial charge in [-0.15, -0.1) is 11.3 Å². The lowest BCUT2D eigenvalue weighted by molar-refractivity contribution is 0.562. The Morgan fingerprint density at radius 1 is 1.35 bits per heavy atom. The van der Waals surface area contributed by atoms with Gasteiger partial charge in [0, 0.05) is 24.3 Å². The molecule has 2 N–H and O–H groups in total. The quantitative estimate of drug-likeness (QED) is 0.840. The van der Waals surface area contributed by atoms with Gasteiger partial charge in [0.05, 0.1) is 6.04 Å². The van der Waals surface area contributed by atoms with Gasteiger partial charge in [0.25, 0.3) is 10.0 Å². The van der Waals surface area contributed by atoms with E-state index in [1.54, 1.807) is 25.4 Å². The van der Waals surface area contributed by atoms with Crippen molar-refractivity contribution in [2.24, 2.45) is 0 Å². The Morgan fingerprint density at radius 2 is 2.15 bits per heavy atom. The molecule has 0 radical (unpaired) electrons. The molecule has 0 spiro atoms. The summed E-state index contributed by atoms with van der Waals surface area (Å²) in [7, 11) is -1.81. The fourth-order valence-electron chi connectivity index (χ4n) is 1.67. The molecule has 2 heterocycles. The van der Waals surface area contributed by atoms with Crippen LogP contribution >= 0.6 is 11.3 Å². The van der Waals surface area contributed by atoms with Gasteiger partial charge in [-0.1, -0.05) is 6.07 Å². The number of aromatic nitrogens is 2. The predicted molar refractivity (Wildman–Crippen MR) is 77.9 cm³/mol. The van der Waals surface area contributed by atoms with E-state index in [1.165, 1.54) is 17.4 Å². The Morgan fingerprint density at radius 3 is 2.70 bits per heavy atom. The summed E-state index contributed by atoms with van der Waals surface area (Å²) < 4.78 is 27.0. The summed E-state index contributed by atoms with van der Waals surface area (Å²) in [4.78, 5) is 8.09. The lowest BCUT2D eigenvalue weighted by Gasteiger charge is -2.11. The highest BCUT2D eigenvalue weighted by molar-refractivity contribution is 7.89. The number of hydrogen-bond acceptors (Lipinski definition) is 6. The summed E-state index contributed by atoms with van der Waals surface area (Å²) in [6.45, 7) is 2.40. The van der Waals surface area contributed by atoms with Crippen LogP contribution in [0.25, 0.3) is 0 Å². The van der Waals surface area contributed by atoms with Crippen LogP contribution in [0, 0.1) is 0 Å². The number of nitrogens with one attached hydrogen (secondary N) is 2. The molecule has 0 aliphatic carbocycles. The number of rotatable bonds is 6. The van der Waals surface area contributed by atoms with E-state index in [0.717, 1.165) is 10.6 Å². The Hall–Kier alpha value is -1.35. The average Bonchev–Trinajstić information content (AvgIpc) is 2.93. The molecule has 0 aromatic carbocycles. The largest absolute Gasteiger partial charge is 0.316 e. The zero-order valence-corrected chi connectivity index (χ0v) is 12.8. The summed E-state index contributed by atoms with van der Waals surface area (Å²) in [5.41, 5.74) is 0.930. The normalized spacial score (nSPS) is 13.3. The predicted octanol–water partition coefficient (Wildman–Crippen LogP) is 1.30. The van der Waals surface area contributed by atoms with Crippen LogP contribution in [0.4, 0.5) is 0 Å². The Kier molecular flexibility index (Phi) is 4.81. The van der Waals surface area contributed by atoms with Gasteiger partial charge in [-0.05, 0) is 25.6 Å². The highest BCUT2D eigenvalue weighted by Gasteiger charge is 2.20. The van der Waals surface area contributed by atoms with Crippen molar-refractivity contribution in [1.29, 1.82) is 0 Å². The second-order valence-electron chi connectivity index (χ2n) is 4.25. The van der Waals surface area contributed by atoms with E-state index in [1.807, 2.05) is 12.4 Å². The molecule has 0 saturated heterocycles. The van der Waals surface area contributed by atoms with Crippen LogP contribution < -0.4 is 10.0 Å². The van der Waals surface area contributed by atoms with E-state index in [4.69, 9.17) is 0 Å². The van der Waals surface area contributed by atoms with Crippen molar-refractivity contribution in [1.82, 2.24) is 20.0 Å². The van der Waals surface area contributed by atoms with Gasteiger partial charge in [0.1, 0.15) is 5.01 Å². The van der Waals surface area contributed by atoms with Crippen molar-refractivity contribution in [2.45, 2.75) is 24.5 Å².